The van der Waals surface area contributed by atoms with Crippen LogP contribution >= 0.6 is 12.4 Å². The van der Waals surface area contributed by atoms with Gasteiger partial charge in [-0.2, -0.15) is 0 Å². The molecule has 4 nitrogen and oxygen atoms in total. The Kier molecular flexibility index (Phi) is 5.62. The van der Waals surface area contributed by atoms with E-state index in [1.807, 2.05) is 18.2 Å². The molecule has 2 aliphatic rings. The molecule has 2 N–H and O–H groups in total. The van der Waals surface area contributed by atoms with E-state index in [-0.39, 0.29) is 29.9 Å². The fraction of sp³-hybridized carbons (Fsp3) is 0.562. The van der Waals surface area contributed by atoms with Gasteiger partial charge in [0, 0.05) is 19.0 Å². The lowest BCUT2D eigenvalue weighted by Gasteiger charge is -2.43. The van der Waals surface area contributed by atoms with E-state index in [0.29, 0.717) is 13.0 Å². The van der Waals surface area contributed by atoms with E-state index in [1.54, 1.807) is 0 Å². The quantitative estimate of drug-likeness (QED) is 0.894. The van der Waals surface area contributed by atoms with Crippen molar-refractivity contribution in [1.82, 2.24) is 10.6 Å². The number of hydrogen-bond acceptors (Lipinski definition) is 3. The first-order chi connectivity index (χ1) is 9.78. The predicted molar refractivity (Wildman–Crippen MR) is 84.6 cm³/mol. The van der Waals surface area contributed by atoms with Crippen molar-refractivity contribution in [3.05, 3.63) is 35.9 Å². The van der Waals surface area contributed by atoms with Crippen molar-refractivity contribution in [3.63, 3.8) is 0 Å². The average Bonchev–Trinajstić information content (AvgIpc) is 2.45. The number of hydrogen-bond donors (Lipinski definition) is 2. The number of carbonyl (C=O) groups is 1. The maximum Gasteiger partial charge on any atom is 0.222 e. The Morgan fingerprint density at radius 3 is 2.67 bits per heavy atom. The lowest BCUT2D eigenvalue weighted by atomic mass is 9.71. The number of benzene rings is 1. The number of halogens is 1. The number of ether oxygens (including phenoxy) is 1. The fourth-order valence-corrected chi connectivity index (χ4v) is 3.07. The molecule has 1 aromatic rings. The Labute approximate surface area is 132 Å². The molecular weight excluding hydrogens is 288 g/mol. The van der Waals surface area contributed by atoms with Crippen molar-refractivity contribution < 1.29 is 9.53 Å². The molecule has 0 aromatic heterocycles. The molecule has 1 aromatic carbocycles. The van der Waals surface area contributed by atoms with Crippen LogP contribution in [-0.4, -0.2) is 31.7 Å². The summed E-state index contributed by atoms with van der Waals surface area (Å²) in [4.78, 5) is 12.3. The van der Waals surface area contributed by atoms with Crippen LogP contribution in [0.4, 0.5) is 0 Å². The van der Waals surface area contributed by atoms with Gasteiger partial charge in [-0.25, -0.2) is 0 Å². The molecule has 0 spiro atoms. The van der Waals surface area contributed by atoms with Gasteiger partial charge in [0.15, 0.2) is 0 Å². The van der Waals surface area contributed by atoms with Crippen LogP contribution in [0.3, 0.4) is 0 Å². The Balaban J connectivity index is 0.00000161. The molecule has 2 fully saturated rings. The highest BCUT2D eigenvalue weighted by atomic mass is 35.5. The normalized spacial score (nSPS) is 23.5. The van der Waals surface area contributed by atoms with E-state index >= 15 is 0 Å². The van der Waals surface area contributed by atoms with Crippen LogP contribution < -0.4 is 10.6 Å². The van der Waals surface area contributed by atoms with Crippen molar-refractivity contribution in [1.29, 1.82) is 0 Å². The standard InChI is InChI=1S/C16H22N2O2.ClH/c19-15(11-14-12-20-10-9-17-14)18-16(7-4-8-16)13-5-2-1-3-6-13;/h1-3,5-6,14,17H,4,7-12H2,(H,18,19);1H. The predicted octanol–water partition coefficient (Wildman–Crippen LogP) is 1.98. The summed E-state index contributed by atoms with van der Waals surface area (Å²) >= 11 is 0. The van der Waals surface area contributed by atoms with Crippen LogP contribution in [-0.2, 0) is 15.1 Å². The summed E-state index contributed by atoms with van der Waals surface area (Å²) in [6.45, 7) is 2.21. The zero-order valence-corrected chi connectivity index (χ0v) is 13.0. The molecule has 21 heavy (non-hydrogen) atoms. The Morgan fingerprint density at radius 2 is 2.10 bits per heavy atom. The molecule has 0 bridgehead atoms. The van der Waals surface area contributed by atoms with Gasteiger partial charge in [-0.3, -0.25) is 4.79 Å². The monoisotopic (exact) mass is 310 g/mol. The molecule has 0 radical (unpaired) electrons. The molecule has 1 atom stereocenters. The third-order valence-electron chi connectivity index (χ3n) is 4.34. The highest BCUT2D eigenvalue weighted by Crippen LogP contribution is 2.41. The van der Waals surface area contributed by atoms with Crippen LogP contribution in [0.1, 0.15) is 31.2 Å². The molecule has 1 saturated carbocycles. The second-order valence-corrected chi connectivity index (χ2v) is 5.78. The van der Waals surface area contributed by atoms with Crippen molar-refractivity contribution in [2.24, 2.45) is 0 Å². The fourth-order valence-electron chi connectivity index (χ4n) is 3.07. The highest BCUT2D eigenvalue weighted by Gasteiger charge is 2.40. The SMILES string of the molecule is Cl.O=C(CC1COCCN1)NC1(c2ccccc2)CCC1. The smallest absolute Gasteiger partial charge is 0.222 e. The minimum atomic E-state index is -0.131. The first-order valence-electron chi connectivity index (χ1n) is 7.46. The largest absolute Gasteiger partial charge is 0.378 e. The van der Waals surface area contributed by atoms with Crippen LogP contribution in [0.2, 0.25) is 0 Å². The Bertz CT molecular complexity index is 457. The van der Waals surface area contributed by atoms with Gasteiger partial charge in [-0.1, -0.05) is 30.3 Å². The maximum absolute atomic E-state index is 12.3. The summed E-state index contributed by atoms with van der Waals surface area (Å²) in [6, 6.07) is 10.5. The van der Waals surface area contributed by atoms with Crippen molar-refractivity contribution in [3.8, 4) is 0 Å². The first kappa shape index (κ1) is 16.3. The average molecular weight is 311 g/mol. The van der Waals surface area contributed by atoms with E-state index in [9.17, 15) is 4.79 Å². The third-order valence-corrected chi connectivity index (χ3v) is 4.34. The number of nitrogens with one attached hydrogen (secondary N) is 2. The summed E-state index contributed by atoms with van der Waals surface area (Å²) in [5, 5.41) is 6.58. The minimum Gasteiger partial charge on any atom is -0.378 e. The summed E-state index contributed by atoms with van der Waals surface area (Å²) < 4.78 is 5.40. The molecule has 5 heteroatoms. The van der Waals surface area contributed by atoms with Crippen LogP contribution in [0, 0.1) is 0 Å². The first-order valence-corrected chi connectivity index (χ1v) is 7.46. The lowest BCUT2D eigenvalue weighted by Crippen LogP contribution is -2.53. The topological polar surface area (TPSA) is 50.4 Å². The lowest BCUT2D eigenvalue weighted by molar-refractivity contribution is -0.125. The van der Waals surface area contributed by atoms with Crippen molar-refractivity contribution in [2.75, 3.05) is 19.8 Å². The van der Waals surface area contributed by atoms with Gasteiger partial charge in [0.1, 0.15) is 0 Å². The van der Waals surface area contributed by atoms with Crippen molar-refractivity contribution >= 4 is 18.3 Å². The maximum atomic E-state index is 12.3. The summed E-state index contributed by atoms with van der Waals surface area (Å²) in [7, 11) is 0. The van der Waals surface area contributed by atoms with Gasteiger partial charge in [-0.15, -0.1) is 12.4 Å². The van der Waals surface area contributed by atoms with E-state index in [2.05, 4.69) is 22.8 Å². The van der Waals surface area contributed by atoms with Crippen LogP contribution in [0.25, 0.3) is 0 Å². The number of morpholine rings is 1. The van der Waals surface area contributed by atoms with Crippen molar-refractivity contribution in [2.45, 2.75) is 37.3 Å². The summed E-state index contributed by atoms with van der Waals surface area (Å²) in [5.41, 5.74) is 1.10. The number of amides is 1. The van der Waals surface area contributed by atoms with E-state index in [1.165, 1.54) is 12.0 Å². The van der Waals surface area contributed by atoms with E-state index < -0.39 is 0 Å². The molecule has 1 aliphatic carbocycles. The number of carbonyl (C=O) groups excluding carboxylic acids is 1. The van der Waals surface area contributed by atoms with Gasteiger partial charge in [-0.05, 0) is 24.8 Å². The van der Waals surface area contributed by atoms with Gasteiger partial charge in [0.2, 0.25) is 5.91 Å². The Morgan fingerprint density at radius 1 is 1.33 bits per heavy atom. The second kappa shape index (κ2) is 7.25. The summed E-state index contributed by atoms with van der Waals surface area (Å²) in [6.07, 6.45) is 3.75. The molecular formula is C16H23ClN2O2. The molecule has 1 unspecified atom stereocenters. The molecule has 1 amide bonds. The zero-order chi connectivity index (χ0) is 13.8. The molecule has 3 rings (SSSR count). The molecule has 1 saturated heterocycles. The van der Waals surface area contributed by atoms with E-state index in [0.717, 1.165) is 26.0 Å². The van der Waals surface area contributed by atoms with Crippen LogP contribution in [0.15, 0.2) is 30.3 Å². The molecule has 1 heterocycles. The van der Waals surface area contributed by atoms with Gasteiger partial charge >= 0.3 is 0 Å². The highest BCUT2D eigenvalue weighted by molar-refractivity contribution is 5.85. The Hall–Kier alpha value is -1.10. The van der Waals surface area contributed by atoms with Gasteiger partial charge in [0.05, 0.1) is 18.8 Å². The zero-order valence-electron chi connectivity index (χ0n) is 12.1. The minimum absolute atomic E-state index is 0. The third kappa shape index (κ3) is 3.76. The number of rotatable bonds is 4. The molecule has 116 valence electrons. The van der Waals surface area contributed by atoms with Gasteiger partial charge in [0.25, 0.3) is 0 Å². The second-order valence-electron chi connectivity index (χ2n) is 5.78. The van der Waals surface area contributed by atoms with E-state index in [4.69, 9.17) is 4.74 Å². The van der Waals surface area contributed by atoms with Gasteiger partial charge < -0.3 is 15.4 Å². The summed E-state index contributed by atoms with van der Waals surface area (Å²) in [5.74, 6) is 0.122. The van der Waals surface area contributed by atoms with Crippen LogP contribution in [0.5, 0.6) is 0 Å². The molecule has 1 aliphatic heterocycles.